The number of carbonyl (C=O) groups is 1. The van der Waals surface area contributed by atoms with Gasteiger partial charge in [-0.05, 0) is 50.1 Å². The zero-order valence-electron chi connectivity index (χ0n) is 12.8. The van der Waals surface area contributed by atoms with Crippen LogP contribution in [-0.2, 0) is 22.4 Å². The Morgan fingerprint density at radius 1 is 1.29 bits per heavy atom. The summed E-state index contributed by atoms with van der Waals surface area (Å²) < 4.78 is 10.8. The van der Waals surface area contributed by atoms with Crippen LogP contribution in [0.3, 0.4) is 0 Å². The van der Waals surface area contributed by atoms with E-state index in [1.165, 1.54) is 11.1 Å². The molecule has 0 aromatic heterocycles. The van der Waals surface area contributed by atoms with E-state index in [1.807, 2.05) is 32.0 Å². The number of benzene rings is 1. The second-order valence-electron chi connectivity index (χ2n) is 4.96. The van der Waals surface area contributed by atoms with E-state index in [0.717, 1.165) is 19.5 Å². The van der Waals surface area contributed by atoms with Crippen molar-refractivity contribution < 1.29 is 14.3 Å². The minimum atomic E-state index is -0.386. The van der Waals surface area contributed by atoms with Gasteiger partial charge in [0.2, 0.25) is 0 Å². The first kappa shape index (κ1) is 15.9. The van der Waals surface area contributed by atoms with Crippen LogP contribution < -0.4 is 10.6 Å². The highest BCUT2D eigenvalue weighted by atomic mass is 16.7. The summed E-state index contributed by atoms with van der Waals surface area (Å²) in [5, 5.41) is 6.19. The molecule has 1 aromatic rings. The Hall–Kier alpha value is -1.43. The van der Waals surface area contributed by atoms with E-state index < -0.39 is 0 Å². The van der Waals surface area contributed by atoms with Gasteiger partial charge in [-0.1, -0.05) is 6.07 Å². The predicted octanol–water partition coefficient (Wildman–Crippen LogP) is 1.46. The van der Waals surface area contributed by atoms with Gasteiger partial charge in [-0.3, -0.25) is 4.79 Å². The lowest BCUT2D eigenvalue weighted by Crippen LogP contribution is -2.35. The zero-order valence-corrected chi connectivity index (χ0v) is 12.8. The van der Waals surface area contributed by atoms with E-state index in [0.29, 0.717) is 25.3 Å². The summed E-state index contributed by atoms with van der Waals surface area (Å²) in [6.45, 7) is 7.13. The standard InChI is InChI=1S/C16H24N2O3/c1-3-20-15(21-4-2)11-18-16(19)13-6-5-12-7-8-17-10-14(12)9-13/h5-6,9,15,17H,3-4,7-8,10-11H2,1-2H3,(H,18,19). The molecular formula is C16H24N2O3. The molecule has 2 N–H and O–H groups in total. The van der Waals surface area contributed by atoms with Gasteiger partial charge in [-0.2, -0.15) is 0 Å². The molecule has 0 spiro atoms. The van der Waals surface area contributed by atoms with Crippen molar-refractivity contribution in [2.24, 2.45) is 0 Å². The van der Waals surface area contributed by atoms with Crippen LogP contribution in [0.25, 0.3) is 0 Å². The van der Waals surface area contributed by atoms with Crippen molar-refractivity contribution in [1.82, 2.24) is 10.6 Å². The molecule has 5 heteroatoms. The largest absolute Gasteiger partial charge is 0.351 e. The summed E-state index contributed by atoms with van der Waals surface area (Å²) in [4.78, 5) is 12.2. The fourth-order valence-corrected chi connectivity index (χ4v) is 2.44. The van der Waals surface area contributed by atoms with Gasteiger partial charge in [0.1, 0.15) is 0 Å². The smallest absolute Gasteiger partial charge is 0.251 e. The number of rotatable bonds is 7. The number of amides is 1. The molecule has 1 aliphatic heterocycles. The van der Waals surface area contributed by atoms with Gasteiger partial charge in [-0.25, -0.2) is 0 Å². The van der Waals surface area contributed by atoms with Gasteiger partial charge in [0, 0.05) is 25.3 Å². The molecule has 2 rings (SSSR count). The van der Waals surface area contributed by atoms with E-state index in [2.05, 4.69) is 10.6 Å². The van der Waals surface area contributed by atoms with E-state index in [-0.39, 0.29) is 12.2 Å². The highest BCUT2D eigenvalue weighted by Gasteiger charge is 2.14. The van der Waals surface area contributed by atoms with Crippen molar-refractivity contribution in [2.75, 3.05) is 26.3 Å². The number of hydrogen-bond donors (Lipinski definition) is 2. The van der Waals surface area contributed by atoms with Crippen LogP contribution in [0, 0.1) is 0 Å². The minimum absolute atomic E-state index is 0.0900. The van der Waals surface area contributed by atoms with Gasteiger partial charge in [-0.15, -0.1) is 0 Å². The van der Waals surface area contributed by atoms with Crippen LogP contribution in [-0.4, -0.2) is 38.5 Å². The normalized spacial score (nSPS) is 14.0. The molecule has 116 valence electrons. The number of fused-ring (bicyclic) bond motifs is 1. The third kappa shape index (κ3) is 4.52. The zero-order chi connectivity index (χ0) is 15.1. The Morgan fingerprint density at radius 2 is 2.05 bits per heavy atom. The fraction of sp³-hybridized carbons (Fsp3) is 0.562. The summed E-state index contributed by atoms with van der Waals surface area (Å²) >= 11 is 0. The van der Waals surface area contributed by atoms with Crippen LogP contribution in [0.15, 0.2) is 18.2 Å². The Kier molecular flexibility index (Phi) is 6.17. The van der Waals surface area contributed by atoms with Crippen molar-refractivity contribution in [3.8, 4) is 0 Å². The molecular weight excluding hydrogens is 268 g/mol. The Bertz CT molecular complexity index is 471. The lowest BCUT2D eigenvalue weighted by molar-refractivity contribution is -0.131. The summed E-state index contributed by atoms with van der Waals surface area (Å²) in [7, 11) is 0. The number of ether oxygens (including phenoxy) is 2. The fourth-order valence-electron chi connectivity index (χ4n) is 2.44. The lowest BCUT2D eigenvalue weighted by atomic mass is 9.98. The monoisotopic (exact) mass is 292 g/mol. The summed E-state index contributed by atoms with van der Waals surface area (Å²) in [5.41, 5.74) is 3.22. The summed E-state index contributed by atoms with van der Waals surface area (Å²) in [6.07, 6.45) is 0.636. The predicted molar refractivity (Wildman–Crippen MR) is 81.2 cm³/mol. The summed E-state index contributed by atoms with van der Waals surface area (Å²) in [6, 6.07) is 5.90. The van der Waals surface area contributed by atoms with Crippen molar-refractivity contribution in [2.45, 2.75) is 33.1 Å². The first-order valence-electron chi connectivity index (χ1n) is 7.58. The minimum Gasteiger partial charge on any atom is -0.351 e. The van der Waals surface area contributed by atoms with Crippen molar-refractivity contribution in [1.29, 1.82) is 0 Å². The molecule has 0 fully saturated rings. The molecule has 0 saturated carbocycles. The van der Waals surface area contributed by atoms with E-state index in [4.69, 9.17) is 9.47 Å². The SMILES string of the molecule is CCOC(CNC(=O)c1ccc2c(c1)CNCC2)OCC. The van der Waals surface area contributed by atoms with E-state index in [9.17, 15) is 4.79 Å². The highest BCUT2D eigenvalue weighted by molar-refractivity contribution is 5.94. The molecule has 1 heterocycles. The third-order valence-corrected chi connectivity index (χ3v) is 3.49. The Labute approximate surface area is 126 Å². The van der Waals surface area contributed by atoms with Crippen molar-refractivity contribution >= 4 is 5.91 Å². The molecule has 21 heavy (non-hydrogen) atoms. The molecule has 0 atom stereocenters. The van der Waals surface area contributed by atoms with Crippen LogP contribution in [0.5, 0.6) is 0 Å². The average molecular weight is 292 g/mol. The Balaban J connectivity index is 1.93. The van der Waals surface area contributed by atoms with Crippen LogP contribution in [0.2, 0.25) is 0 Å². The van der Waals surface area contributed by atoms with Crippen LogP contribution in [0.4, 0.5) is 0 Å². The molecule has 0 radical (unpaired) electrons. The van der Waals surface area contributed by atoms with Gasteiger partial charge < -0.3 is 20.1 Å². The van der Waals surface area contributed by atoms with E-state index in [1.54, 1.807) is 0 Å². The van der Waals surface area contributed by atoms with Crippen LogP contribution in [0.1, 0.15) is 35.3 Å². The molecule has 5 nitrogen and oxygen atoms in total. The van der Waals surface area contributed by atoms with Crippen LogP contribution >= 0.6 is 0 Å². The first-order valence-corrected chi connectivity index (χ1v) is 7.58. The Morgan fingerprint density at radius 3 is 2.76 bits per heavy atom. The third-order valence-electron chi connectivity index (χ3n) is 3.49. The van der Waals surface area contributed by atoms with E-state index >= 15 is 0 Å². The molecule has 1 aliphatic rings. The number of nitrogens with one attached hydrogen (secondary N) is 2. The lowest BCUT2D eigenvalue weighted by Gasteiger charge is -2.19. The number of hydrogen-bond acceptors (Lipinski definition) is 4. The molecule has 0 aliphatic carbocycles. The van der Waals surface area contributed by atoms with Gasteiger partial charge in [0.25, 0.3) is 5.91 Å². The van der Waals surface area contributed by atoms with Gasteiger partial charge in [0.15, 0.2) is 6.29 Å². The quantitative estimate of drug-likeness (QED) is 0.747. The maximum absolute atomic E-state index is 12.2. The molecule has 0 bridgehead atoms. The summed E-state index contributed by atoms with van der Waals surface area (Å²) in [5.74, 6) is -0.0900. The van der Waals surface area contributed by atoms with Crippen molar-refractivity contribution in [3.63, 3.8) is 0 Å². The van der Waals surface area contributed by atoms with Crippen molar-refractivity contribution in [3.05, 3.63) is 34.9 Å². The second kappa shape index (κ2) is 8.12. The molecule has 0 unspecified atom stereocenters. The average Bonchev–Trinajstić information content (AvgIpc) is 2.52. The molecule has 1 amide bonds. The maximum atomic E-state index is 12.2. The molecule has 1 aromatic carbocycles. The number of carbonyl (C=O) groups excluding carboxylic acids is 1. The molecule has 0 saturated heterocycles. The second-order valence-corrected chi connectivity index (χ2v) is 4.96. The topological polar surface area (TPSA) is 59.6 Å². The highest BCUT2D eigenvalue weighted by Crippen LogP contribution is 2.15. The van der Waals surface area contributed by atoms with Gasteiger partial charge >= 0.3 is 0 Å². The van der Waals surface area contributed by atoms with Gasteiger partial charge in [0.05, 0.1) is 6.54 Å². The first-order chi connectivity index (χ1) is 10.2. The maximum Gasteiger partial charge on any atom is 0.251 e.